The highest BCUT2D eigenvalue weighted by atomic mass is 16.5. The molecule has 8 nitrogen and oxygen atoms in total. The summed E-state index contributed by atoms with van der Waals surface area (Å²) in [5, 5.41) is 2.74. The van der Waals surface area contributed by atoms with Crippen LogP contribution in [0.5, 0.6) is 0 Å². The van der Waals surface area contributed by atoms with Crippen molar-refractivity contribution in [2.75, 3.05) is 13.7 Å². The van der Waals surface area contributed by atoms with Gasteiger partial charge in [-0.15, -0.1) is 0 Å². The zero-order valence-corrected chi connectivity index (χ0v) is 13.1. The molecule has 0 radical (unpaired) electrons. The molecule has 3 rings (SSSR count). The van der Waals surface area contributed by atoms with Gasteiger partial charge in [-0.25, -0.2) is 9.59 Å². The number of likely N-dealkylation sites (tertiary alicyclic amines) is 1. The third-order valence-corrected chi connectivity index (χ3v) is 4.28. The van der Waals surface area contributed by atoms with Crippen molar-refractivity contribution < 1.29 is 23.9 Å². The van der Waals surface area contributed by atoms with Gasteiger partial charge in [0, 0.05) is 6.54 Å². The maximum absolute atomic E-state index is 12.8. The second-order valence-electron chi connectivity index (χ2n) is 5.69. The van der Waals surface area contributed by atoms with Gasteiger partial charge in [-0.3, -0.25) is 14.5 Å². The number of amides is 4. The normalized spacial score (nSPS) is 22.9. The highest BCUT2D eigenvalue weighted by Crippen LogP contribution is 2.25. The predicted molar refractivity (Wildman–Crippen MR) is 81.4 cm³/mol. The molecule has 0 bridgehead atoms. The molecule has 2 aliphatic rings. The van der Waals surface area contributed by atoms with Crippen LogP contribution in [0.15, 0.2) is 30.3 Å². The number of methoxy groups -OCH3 is 1. The summed E-state index contributed by atoms with van der Waals surface area (Å²) < 4.78 is 4.44. The van der Waals surface area contributed by atoms with Gasteiger partial charge in [0.05, 0.1) is 19.7 Å². The number of carbonyl (C=O) groups excluding carboxylic acids is 4. The number of imide groups is 1. The number of urea groups is 1. The molecular formula is C16H17N3O5. The molecule has 0 saturated carbocycles. The van der Waals surface area contributed by atoms with Crippen LogP contribution < -0.4 is 5.32 Å². The van der Waals surface area contributed by atoms with E-state index in [0.717, 1.165) is 17.6 Å². The lowest BCUT2D eigenvalue weighted by Crippen LogP contribution is -2.64. The van der Waals surface area contributed by atoms with E-state index >= 15 is 0 Å². The smallest absolute Gasteiger partial charge is 0.396 e. The first-order valence-corrected chi connectivity index (χ1v) is 7.57. The number of nitrogens with zero attached hydrogens (tertiary/aromatic N) is 2. The molecule has 2 atom stereocenters. The summed E-state index contributed by atoms with van der Waals surface area (Å²) in [6.07, 6.45) is 0.421. The molecule has 0 unspecified atom stereocenters. The number of benzene rings is 1. The maximum Gasteiger partial charge on any atom is 0.396 e. The molecule has 0 aromatic heterocycles. The molecule has 0 spiro atoms. The number of rotatable bonds is 2. The van der Waals surface area contributed by atoms with Gasteiger partial charge in [-0.1, -0.05) is 30.3 Å². The Morgan fingerprint density at radius 3 is 2.62 bits per heavy atom. The largest absolute Gasteiger partial charge is 0.462 e. The van der Waals surface area contributed by atoms with Crippen LogP contribution >= 0.6 is 0 Å². The highest BCUT2D eigenvalue weighted by molar-refractivity contribution is 6.33. The SMILES string of the molecule is COC(=O)C(=O)N1CC[C@H]2NC(=O)N(Cc3ccccc3)C(=O)[C@H]21. The summed E-state index contributed by atoms with van der Waals surface area (Å²) in [6.45, 7) is 0.323. The Balaban J connectivity index is 1.82. The Morgan fingerprint density at radius 2 is 1.96 bits per heavy atom. The number of hydrogen-bond donors (Lipinski definition) is 1. The molecular weight excluding hydrogens is 314 g/mol. The monoisotopic (exact) mass is 331 g/mol. The topological polar surface area (TPSA) is 96.0 Å². The van der Waals surface area contributed by atoms with Crippen molar-refractivity contribution in [2.24, 2.45) is 0 Å². The Morgan fingerprint density at radius 1 is 1.25 bits per heavy atom. The molecule has 1 aromatic carbocycles. The molecule has 1 N–H and O–H groups in total. The number of nitrogens with one attached hydrogen (secondary N) is 1. The number of fused-ring (bicyclic) bond motifs is 1. The first-order chi connectivity index (χ1) is 11.5. The number of hydrogen-bond acceptors (Lipinski definition) is 5. The number of esters is 1. The van der Waals surface area contributed by atoms with Crippen LogP contribution in [0.1, 0.15) is 12.0 Å². The fourth-order valence-electron chi connectivity index (χ4n) is 3.09. The third-order valence-electron chi connectivity index (χ3n) is 4.28. The van der Waals surface area contributed by atoms with Crippen LogP contribution in [0.2, 0.25) is 0 Å². The van der Waals surface area contributed by atoms with Gasteiger partial charge in [-0.05, 0) is 12.0 Å². The van der Waals surface area contributed by atoms with E-state index in [4.69, 9.17) is 0 Å². The average Bonchev–Trinajstić information content (AvgIpc) is 3.01. The van der Waals surface area contributed by atoms with E-state index in [9.17, 15) is 19.2 Å². The Kier molecular flexibility index (Phi) is 4.20. The van der Waals surface area contributed by atoms with E-state index in [2.05, 4.69) is 10.1 Å². The first-order valence-electron chi connectivity index (χ1n) is 7.57. The Bertz CT molecular complexity index is 690. The van der Waals surface area contributed by atoms with Crippen molar-refractivity contribution in [1.29, 1.82) is 0 Å². The predicted octanol–water partition coefficient (Wildman–Crippen LogP) is -0.119. The number of ether oxygens (including phenoxy) is 1. The van der Waals surface area contributed by atoms with Crippen LogP contribution in [-0.4, -0.2) is 59.4 Å². The maximum atomic E-state index is 12.8. The van der Waals surface area contributed by atoms with E-state index in [0.29, 0.717) is 6.42 Å². The van der Waals surface area contributed by atoms with Gasteiger partial charge in [0.25, 0.3) is 5.91 Å². The molecule has 2 saturated heterocycles. The van der Waals surface area contributed by atoms with E-state index < -0.39 is 35.9 Å². The Hall–Kier alpha value is -2.90. The molecule has 4 amide bonds. The van der Waals surface area contributed by atoms with Gasteiger partial charge >= 0.3 is 17.9 Å². The van der Waals surface area contributed by atoms with Gasteiger partial charge < -0.3 is 15.0 Å². The summed E-state index contributed by atoms with van der Waals surface area (Å²) in [6, 6.07) is 7.23. The summed E-state index contributed by atoms with van der Waals surface area (Å²) in [4.78, 5) is 50.8. The molecule has 2 heterocycles. The second kappa shape index (κ2) is 6.31. The molecule has 2 fully saturated rings. The minimum Gasteiger partial charge on any atom is -0.462 e. The van der Waals surface area contributed by atoms with E-state index in [1.54, 1.807) is 12.1 Å². The van der Waals surface area contributed by atoms with E-state index in [-0.39, 0.29) is 13.1 Å². The van der Waals surface area contributed by atoms with Crippen LogP contribution in [0.25, 0.3) is 0 Å². The van der Waals surface area contributed by atoms with Crippen molar-refractivity contribution in [3.8, 4) is 0 Å². The van der Waals surface area contributed by atoms with Crippen molar-refractivity contribution in [2.45, 2.75) is 25.0 Å². The lowest BCUT2D eigenvalue weighted by Gasteiger charge is -2.36. The van der Waals surface area contributed by atoms with Crippen molar-refractivity contribution in [3.63, 3.8) is 0 Å². The van der Waals surface area contributed by atoms with Crippen molar-refractivity contribution in [1.82, 2.24) is 15.1 Å². The molecule has 8 heteroatoms. The molecule has 1 aromatic rings. The quantitative estimate of drug-likeness (QED) is 0.602. The highest BCUT2D eigenvalue weighted by Gasteiger charge is 2.50. The van der Waals surface area contributed by atoms with Crippen LogP contribution in [0.4, 0.5) is 4.79 Å². The fraction of sp³-hybridized carbons (Fsp3) is 0.375. The van der Waals surface area contributed by atoms with Gasteiger partial charge in [-0.2, -0.15) is 0 Å². The summed E-state index contributed by atoms with van der Waals surface area (Å²) in [7, 11) is 1.11. The zero-order chi connectivity index (χ0) is 17.3. The van der Waals surface area contributed by atoms with Crippen molar-refractivity contribution >= 4 is 23.8 Å². The minimum atomic E-state index is -1.02. The average molecular weight is 331 g/mol. The van der Waals surface area contributed by atoms with Crippen molar-refractivity contribution in [3.05, 3.63) is 35.9 Å². The van der Waals surface area contributed by atoms with Gasteiger partial charge in [0.2, 0.25) is 0 Å². The van der Waals surface area contributed by atoms with Crippen LogP contribution in [0.3, 0.4) is 0 Å². The Labute approximate surface area is 138 Å². The van der Waals surface area contributed by atoms with Gasteiger partial charge in [0.15, 0.2) is 0 Å². The molecule has 0 aliphatic carbocycles. The second-order valence-corrected chi connectivity index (χ2v) is 5.69. The van der Waals surface area contributed by atoms with Crippen LogP contribution in [0, 0.1) is 0 Å². The van der Waals surface area contributed by atoms with Crippen LogP contribution in [-0.2, 0) is 25.7 Å². The zero-order valence-electron chi connectivity index (χ0n) is 13.1. The summed E-state index contributed by atoms with van der Waals surface area (Å²) in [5.74, 6) is -2.37. The lowest BCUT2D eigenvalue weighted by molar-refractivity contribution is -0.160. The van der Waals surface area contributed by atoms with Gasteiger partial charge in [0.1, 0.15) is 6.04 Å². The first kappa shape index (κ1) is 16.0. The third kappa shape index (κ3) is 2.70. The van der Waals surface area contributed by atoms with E-state index in [1.165, 1.54) is 4.90 Å². The molecule has 24 heavy (non-hydrogen) atoms. The van der Waals surface area contributed by atoms with E-state index in [1.807, 2.05) is 18.2 Å². The number of carbonyl (C=O) groups is 4. The molecule has 2 aliphatic heterocycles. The lowest BCUT2D eigenvalue weighted by atomic mass is 10.0. The fourth-order valence-corrected chi connectivity index (χ4v) is 3.09. The molecule has 126 valence electrons. The standard InChI is InChI=1S/C16H17N3O5/c1-24-15(22)14(21)18-8-7-11-12(18)13(20)19(16(23)17-11)9-10-5-3-2-4-6-10/h2-6,11-12H,7-9H2,1H3,(H,17,23)/t11-,12+/m1/s1. The summed E-state index contributed by atoms with van der Waals surface area (Å²) in [5.41, 5.74) is 0.795. The minimum absolute atomic E-state index is 0.106. The summed E-state index contributed by atoms with van der Waals surface area (Å²) >= 11 is 0.